The van der Waals surface area contributed by atoms with E-state index in [0.717, 1.165) is 0 Å². The largest absolute Gasteiger partial charge is 0.493 e. The predicted octanol–water partition coefficient (Wildman–Crippen LogP) is 0.601. The van der Waals surface area contributed by atoms with Crippen molar-refractivity contribution in [3.05, 3.63) is 41.7 Å². The summed E-state index contributed by atoms with van der Waals surface area (Å²) in [7, 11) is 1.56. The zero-order valence-corrected chi connectivity index (χ0v) is 12.8. The number of methoxy groups -OCH3 is 1. The molecule has 0 saturated heterocycles. The minimum absolute atomic E-state index is 0.150. The van der Waals surface area contributed by atoms with E-state index in [1.165, 1.54) is 6.92 Å². The number of hydrogen-bond donors (Lipinski definition) is 3. The SMILES string of the molecule is COc1ccccc1OCc1cc(C(=O)N[C@H](C)C(N)=O)n[nH]1. The van der Waals surface area contributed by atoms with Crippen molar-refractivity contribution in [2.45, 2.75) is 19.6 Å². The van der Waals surface area contributed by atoms with Crippen LogP contribution in [0, 0.1) is 0 Å². The molecule has 0 fully saturated rings. The molecule has 0 radical (unpaired) electrons. The van der Waals surface area contributed by atoms with E-state index in [2.05, 4.69) is 15.5 Å². The van der Waals surface area contributed by atoms with Crippen molar-refractivity contribution in [3.8, 4) is 11.5 Å². The van der Waals surface area contributed by atoms with Crippen LogP contribution in [0.2, 0.25) is 0 Å². The van der Waals surface area contributed by atoms with Crippen LogP contribution in [0.25, 0.3) is 0 Å². The van der Waals surface area contributed by atoms with Crippen LogP contribution in [0.15, 0.2) is 30.3 Å². The van der Waals surface area contributed by atoms with Gasteiger partial charge < -0.3 is 20.5 Å². The molecule has 23 heavy (non-hydrogen) atoms. The van der Waals surface area contributed by atoms with Gasteiger partial charge in [-0.2, -0.15) is 5.10 Å². The van der Waals surface area contributed by atoms with Crippen LogP contribution < -0.4 is 20.5 Å². The number of rotatable bonds is 7. The van der Waals surface area contributed by atoms with Gasteiger partial charge in [0.1, 0.15) is 18.3 Å². The Balaban J connectivity index is 1.97. The summed E-state index contributed by atoms with van der Waals surface area (Å²) >= 11 is 0. The lowest BCUT2D eigenvalue weighted by atomic mass is 10.3. The number of carbonyl (C=O) groups is 2. The van der Waals surface area contributed by atoms with Gasteiger partial charge in [0.15, 0.2) is 11.5 Å². The average molecular weight is 318 g/mol. The molecule has 1 aromatic carbocycles. The lowest BCUT2D eigenvalue weighted by Crippen LogP contribution is -2.42. The van der Waals surface area contributed by atoms with Gasteiger partial charge in [0.2, 0.25) is 5.91 Å². The van der Waals surface area contributed by atoms with Crippen molar-refractivity contribution in [2.24, 2.45) is 5.73 Å². The summed E-state index contributed by atoms with van der Waals surface area (Å²) in [4.78, 5) is 22.8. The van der Waals surface area contributed by atoms with E-state index in [4.69, 9.17) is 15.2 Å². The molecular formula is C15H18N4O4. The Morgan fingerprint density at radius 2 is 2.04 bits per heavy atom. The highest BCUT2D eigenvalue weighted by atomic mass is 16.5. The summed E-state index contributed by atoms with van der Waals surface area (Å²) in [5, 5.41) is 9.03. The maximum absolute atomic E-state index is 11.9. The lowest BCUT2D eigenvalue weighted by molar-refractivity contribution is -0.119. The third-order valence-electron chi connectivity index (χ3n) is 3.09. The molecule has 1 aromatic heterocycles. The van der Waals surface area contributed by atoms with E-state index in [1.54, 1.807) is 25.3 Å². The number of amides is 2. The molecular weight excluding hydrogens is 300 g/mol. The Morgan fingerprint density at radius 1 is 1.35 bits per heavy atom. The maximum atomic E-state index is 11.9. The Hall–Kier alpha value is -3.03. The molecule has 0 aliphatic heterocycles. The van der Waals surface area contributed by atoms with Crippen LogP contribution in [0.3, 0.4) is 0 Å². The van der Waals surface area contributed by atoms with Gasteiger partial charge in [0, 0.05) is 0 Å². The van der Waals surface area contributed by atoms with E-state index in [1.807, 2.05) is 12.1 Å². The van der Waals surface area contributed by atoms with Gasteiger partial charge in [-0.15, -0.1) is 0 Å². The zero-order valence-electron chi connectivity index (χ0n) is 12.8. The van der Waals surface area contributed by atoms with Gasteiger partial charge in [-0.05, 0) is 25.1 Å². The molecule has 8 nitrogen and oxygen atoms in total. The number of para-hydroxylation sites is 2. The summed E-state index contributed by atoms with van der Waals surface area (Å²) in [5.41, 5.74) is 5.85. The lowest BCUT2D eigenvalue weighted by Gasteiger charge is -2.09. The van der Waals surface area contributed by atoms with Crippen molar-refractivity contribution >= 4 is 11.8 Å². The fourth-order valence-electron chi connectivity index (χ4n) is 1.79. The van der Waals surface area contributed by atoms with Crippen molar-refractivity contribution < 1.29 is 19.1 Å². The van der Waals surface area contributed by atoms with E-state index in [0.29, 0.717) is 17.2 Å². The highest BCUT2D eigenvalue weighted by Gasteiger charge is 2.16. The minimum atomic E-state index is -0.771. The molecule has 4 N–H and O–H groups in total. The Kier molecular flexibility index (Phi) is 5.19. The second-order valence-corrected chi connectivity index (χ2v) is 4.82. The number of ether oxygens (including phenoxy) is 2. The number of aromatic nitrogens is 2. The summed E-state index contributed by atoms with van der Waals surface area (Å²) < 4.78 is 10.8. The topological polar surface area (TPSA) is 119 Å². The highest BCUT2D eigenvalue weighted by Crippen LogP contribution is 2.26. The molecule has 0 unspecified atom stereocenters. The van der Waals surface area contributed by atoms with Gasteiger partial charge in [-0.25, -0.2) is 0 Å². The fourth-order valence-corrected chi connectivity index (χ4v) is 1.79. The summed E-state index contributed by atoms with van der Waals surface area (Å²) in [5.74, 6) is 0.0860. The van der Waals surface area contributed by atoms with Crippen LogP contribution in [0.4, 0.5) is 0 Å². The van der Waals surface area contributed by atoms with Gasteiger partial charge >= 0.3 is 0 Å². The standard InChI is InChI=1S/C15H18N4O4/c1-9(14(16)20)17-15(21)11-7-10(18-19-11)8-23-13-6-4-3-5-12(13)22-2/h3-7,9H,8H2,1-2H3,(H2,16,20)(H,17,21)(H,18,19)/t9-/m1/s1. The molecule has 0 bridgehead atoms. The summed E-state index contributed by atoms with van der Waals surface area (Å²) in [6.45, 7) is 1.69. The molecule has 0 aliphatic rings. The van der Waals surface area contributed by atoms with Crippen LogP contribution >= 0.6 is 0 Å². The molecule has 0 spiro atoms. The highest BCUT2D eigenvalue weighted by molar-refractivity contribution is 5.95. The number of nitrogens with zero attached hydrogens (tertiary/aromatic N) is 1. The number of benzene rings is 1. The molecule has 2 amide bonds. The number of primary amides is 1. The number of H-pyrrole nitrogens is 1. The zero-order chi connectivity index (χ0) is 16.8. The maximum Gasteiger partial charge on any atom is 0.272 e. The molecule has 1 heterocycles. The third kappa shape index (κ3) is 4.22. The number of nitrogens with two attached hydrogens (primary N) is 1. The number of aromatic amines is 1. The summed E-state index contributed by atoms with van der Waals surface area (Å²) in [6, 6.07) is 7.99. The number of hydrogen-bond acceptors (Lipinski definition) is 5. The van der Waals surface area contributed by atoms with Crippen molar-refractivity contribution in [2.75, 3.05) is 7.11 Å². The Labute approximate surface area is 133 Å². The van der Waals surface area contributed by atoms with Crippen LogP contribution in [0.5, 0.6) is 11.5 Å². The first-order valence-electron chi connectivity index (χ1n) is 6.91. The average Bonchev–Trinajstić information content (AvgIpc) is 3.02. The van der Waals surface area contributed by atoms with Crippen molar-refractivity contribution in [3.63, 3.8) is 0 Å². The summed E-state index contributed by atoms with van der Waals surface area (Å²) in [6.07, 6.45) is 0. The first kappa shape index (κ1) is 16.3. The van der Waals surface area contributed by atoms with E-state index >= 15 is 0 Å². The molecule has 122 valence electrons. The number of carbonyl (C=O) groups excluding carboxylic acids is 2. The molecule has 2 aromatic rings. The predicted molar refractivity (Wildman–Crippen MR) is 82.0 cm³/mol. The second kappa shape index (κ2) is 7.30. The van der Waals surface area contributed by atoms with E-state index in [9.17, 15) is 9.59 Å². The van der Waals surface area contributed by atoms with Crippen molar-refractivity contribution in [1.29, 1.82) is 0 Å². The quantitative estimate of drug-likeness (QED) is 0.690. The molecule has 0 aliphatic carbocycles. The van der Waals surface area contributed by atoms with Gasteiger partial charge in [0.05, 0.1) is 12.8 Å². The minimum Gasteiger partial charge on any atom is -0.493 e. The molecule has 1 atom stereocenters. The van der Waals surface area contributed by atoms with Crippen LogP contribution in [-0.4, -0.2) is 35.2 Å². The van der Waals surface area contributed by atoms with Crippen molar-refractivity contribution in [1.82, 2.24) is 15.5 Å². The van der Waals surface area contributed by atoms with Crippen LogP contribution in [-0.2, 0) is 11.4 Å². The van der Waals surface area contributed by atoms with Gasteiger partial charge in [-0.1, -0.05) is 12.1 Å². The molecule has 8 heteroatoms. The Morgan fingerprint density at radius 3 is 2.70 bits per heavy atom. The monoisotopic (exact) mass is 318 g/mol. The van der Waals surface area contributed by atoms with Gasteiger partial charge in [0.25, 0.3) is 5.91 Å². The van der Waals surface area contributed by atoms with Gasteiger partial charge in [-0.3, -0.25) is 14.7 Å². The first-order valence-corrected chi connectivity index (χ1v) is 6.91. The molecule has 0 saturated carbocycles. The second-order valence-electron chi connectivity index (χ2n) is 4.82. The first-order chi connectivity index (χ1) is 11.0. The smallest absolute Gasteiger partial charge is 0.272 e. The third-order valence-corrected chi connectivity index (χ3v) is 3.09. The number of nitrogens with one attached hydrogen (secondary N) is 2. The fraction of sp³-hybridized carbons (Fsp3) is 0.267. The van der Waals surface area contributed by atoms with E-state index in [-0.39, 0.29) is 12.3 Å². The Bertz CT molecular complexity index is 698. The molecule has 2 rings (SSSR count). The van der Waals surface area contributed by atoms with Crippen LogP contribution in [0.1, 0.15) is 23.1 Å². The van der Waals surface area contributed by atoms with E-state index < -0.39 is 17.9 Å². The normalized spacial score (nSPS) is 11.6.